The molecule has 0 aliphatic heterocycles. The number of hydrogen-bond acceptors (Lipinski definition) is 0. The van der Waals surface area contributed by atoms with Gasteiger partial charge in [-0.2, -0.15) is 13.2 Å². The van der Waals surface area contributed by atoms with Crippen LogP contribution in [0.3, 0.4) is 0 Å². The average Bonchev–Trinajstić information content (AvgIpc) is 1.27. The number of halogens is 6. The molecule has 0 radical (unpaired) electrons. The molecule has 52 valence electrons. The van der Waals surface area contributed by atoms with E-state index in [1.54, 1.807) is 0 Å². The Labute approximate surface area is 56.2 Å². The molecule has 0 aromatic heterocycles. The second kappa shape index (κ2) is 5.52. The Morgan fingerprint density at radius 3 is 1.12 bits per heavy atom. The van der Waals surface area contributed by atoms with Gasteiger partial charge in [-0.15, -0.1) is 0 Å². The lowest BCUT2D eigenvalue weighted by Gasteiger charge is -1.85. The molecule has 0 bridgehead atoms. The van der Waals surface area contributed by atoms with E-state index in [0.29, 0.717) is 22.6 Å². The van der Waals surface area contributed by atoms with Crippen LogP contribution in [-0.4, -0.2) is 11.1 Å². The molecule has 0 N–H and O–H groups in total. The summed E-state index contributed by atoms with van der Waals surface area (Å²) < 4.78 is 46.2. The zero-order valence-electron chi connectivity index (χ0n) is 3.47. The van der Waals surface area contributed by atoms with Crippen LogP contribution in [0.15, 0.2) is 0 Å². The van der Waals surface area contributed by atoms with Gasteiger partial charge in [-0.3, -0.25) is 0 Å². The van der Waals surface area contributed by atoms with Gasteiger partial charge in [0.1, 0.15) is 0 Å². The van der Waals surface area contributed by atoms with Gasteiger partial charge >= 0.3 is 4.18 Å². The lowest BCUT2D eigenvalue weighted by Crippen LogP contribution is -1.87. The van der Waals surface area contributed by atoms with Crippen LogP contribution in [0.2, 0.25) is 0 Å². The van der Waals surface area contributed by atoms with Crippen molar-refractivity contribution < 1.29 is 22.0 Å². The molecule has 0 spiro atoms. The van der Waals surface area contributed by atoms with E-state index in [4.69, 9.17) is 0 Å². The van der Waals surface area contributed by atoms with Gasteiger partial charge in [0.05, 0.1) is 0 Å². The zero-order valence-corrected chi connectivity index (χ0v) is 5.63. The summed E-state index contributed by atoms with van der Waals surface area (Å²) in [6.45, 7) is -1.75. The second-order valence-corrected chi connectivity index (χ2v) is 1.75. The third kappa shape index (κ3) is 1280. The fourth-order valence-corrected chi connectivity index (χ4v) is 0. The average molecular weight is 248 g/mol. The maximum Gasteiger partial charge on any atom is 0.441 e. The summed E-state index contributed by atoms with van der Waals surface area (Å²) in [5.74, 6) is 0. The minimum absolute atomic E-state index is 0.378. The second-order valence-electron chi connectivity index (χ2n) is 0.530. The van der Waals surface area contributed by atoms with Crippen LogP contribution < -0.4 is 0 Å². The predicted molar refractivity (Wildman–Crippen MR) is 27.2 cm³/mol. The van der Waals surface area contributed by atoms with Gasteiger partial charge in [0.2, 0.25) is 6.93 Å². The SMILES string of the molecule is FC(F)(F)I.FCF. The minimum Gasteiger partial charge on any atom is -0.214 e. The first-order valence-corrected chi connectivity index (χ1v) is 2.37. The maximum absolute atomic E-state index is 10.3. The highest BCUT2D eigenvalue weighted by Gasteiger charge is 2.19. The van der Waals surface area contributed by atoms with Gasteiger partial charge < -0.3 is 0 Å². The molecule has 0 aliphatic rings. The van der Waals surface area contributed by atoms with Crippen LogP contribution in [0.5, 0.6) is 0 Å². The first-order valence-electron chi connectivity index (χ1n) is 1.29. The van der Waals surface area contributed by atoms with Gasteiger partial charge in [-0.05, 0) is 0 Å². The van der Waals surface area contributed by atoms with Gasteiger partial charge in [0, 0.05) is 22.6 Å². The summed E-state index contributed by atoms with van der Waals surface area (Å²) in [5.41, 5.74) is 0. The molecule has 0 heterocycles. The Hall–Kier alpha value is 0.380. The molecule has 0 rings (SSSR count). The van der Waals surface area contributed by atoms with Gasteiger partial charge in [-0.25, -0.2) is 8.78 Å². The van der Waals surface area contributed by atoms with Crippen molar-refractivity contribution in [2.24, 2.45) is 0 Å². The minimum atomic E-state index is -4.03. The van der Waals surface area contributed by atoms with E-state index < -0.39 is 11.1 Å². The monoisotopic (exact) mass is 248 g/mol. The van der Waals surface area contributed by atoms with Crippen LogP contribution in [0.4, 0.5) is 22.0 Å². The molecule has 8 heavy (non-hydrogen) atoms. The largest absolute Gasteiger partial charge is 0.441 e. The molecule has 0 aliphatic carbocycles. The van der Waals surface area contributed by atoms with E-state index in [0.717, 1.165) is 0 Å². The Bertz CT molecular complexity index is 34.2. The Balaban J connectivity index is 0. The van der Waals surface area contributed by atoms with Gasteiger partial charge in [0.25, 0.3) is 0 Å². The Morgan fingerprint density at radius 2 is 1.12 bits per heavy atom. The summed E-state index contributed by atoms with van der Waals surface area (Å²) >= 11 is 0.378. The summed E-state index contributed by atoms with van der Waals surface area (Å²) in [5, 5.41) is 0. The third-order valence-corrected chi connectivity index (χ3v) is 0. The van der Waals surface area contributed by atoms with E-state index >= 15 is 0 Å². The lowest BCUT2D eigenvalue weighted by atomic mass is 11.6. The van der Waals surface area contributed by atoms with Crippen molar-refractivity contribution in [1.29, 1.82) is 0 Å². The maximum atomic E-state index is 10.3. The van der Waals surface area contributed by atoms with Crippen molar-refractivity contribution in [1.82, 2.24) is 0 Å². The molecular formula is C2H2F5I. The highest BCUT2D eigenvalue weighted by Crippen LogP contribution is 2.22. The standard InChI is InChI=1S/CF3I.CH2F2/c2-1(3,4)5;2-1-3/h;1H2. The first-order chi connectivity index (χ1) is 3.41. The Morgan fingerprint density at radius 1 is 1.12 bits per heavy atom. The Kier molecular flexibility index (Phi) is 7.73. The molecule has 0 aromatic carbocycles. The van der Waals surface area contributed by atoms with Crippen LogP contribution in [0.1, 0.15) is 0 Å². The van der Waals surface area contributed by atoms with Gasteiger partial charge in [-0.1, -0.05) is 0 Å². The predicted octanol–water partition coefficient (Wildman–Crippen LogP) is 2.82. The van der Waals surface area contributed by atoms with Crippen molar-refractivity contribution in [3.05, 3.63) is 0 Å². The molecule has 0 saturated heterocycles. The fraction of sp³-hybridized carbons (Fsp3) is 1.00. The van der Waals surface area contributed by atoms with Crippen molar-refractivity contribution in [3.63, 3.8) is 0 Å². The summed E-state index contributed by atoms with van der Waals surface area (Å²) in [7, 11) is 0. The summed E-state index contributed by atoms with van der Waals surface area (Å²) in [6.07, 6.45) is 0. The number of alkyl halides is 6. The highest BCUT2D eigenvalue weighted by atomic mass is 127. The molecule has 0 saturated carbocycles. The van der Waals surface area contributed by atoms with Crippen LogP contribution >= 0.6 is 22.6 Å². The molecule has 0 nitrogen and oxygen atoms in total. The summed E-state index contributed by atoms with van der Waals surface area (Å²) in [6, 6.07) is 0. The van der Waals surface area contributed by atoms with Crippen LogP contribution in [0.25, 0.3) is 0 Å². The summed E-state index contributed by atoms with van der Waals surface area (Å²) in [4.78, 5) is 0. The van der Waals surface area contributed by atoms with E-state index in [1.807, 2.05) is 0 Å². The number of hydrogen-bond donors (Lipinski definition) is 0. The normalized spacial score (nSPS) is 9.75. The van der Waals surface area contributed by atoms with Crippen molar-refractivity contribution in [2.45, 2.75) is 4.18 Å². The molecular weight excluding hydrogens is 246 g/mol. The quantitative estimate of drug-likeness (QED) is 0.351. The molecule has 0 aromatic rings. The lowest BCUT2D eigenvalue weighted by molar-refractivity contribution is -0.0125. The van der Waals surface area contributed by atoms with Crippen molar-refractivity contribution in [2.75, 3.05) is 6.93 Å². The molecule has 0 unspecified atom stereocenters. The van der Waals surface area contributed by atoms with Crippen LogP contribution in [-0.2, 0) is 0 Å². The third-order valence-electron chi connectivity index (χ3n) is 0. The van der Waals surface area contributed by atoms with E-state index in [1.165, 1.54) is 0 Å². The molecule has 6 heteroatoms. The molecule has 0 amide bonds. The smallest absolute Gasteiger partial charge is 0.214 e. The highest BCUT2D eigenvalue weighted by molar-refractivity contribution is 14.1. The van der Waals surface area contributed by atoms with Gasteiger partial charge in [0.15, 0.2) is 0 Å². The van der Waals surface area contributed by atoms with E-state index in [9.17, 15) is 22.0 Å². The van der Waals surface area contributed by atoms with E-state index in [-0.39, 0.29) is 0 Å². The number of rotatable bonds is 0. The van der Waals surface area contributed by atoms with Crippen molar-refractivity contribution >= 4 is 22.6 Å². The van der Waals surface area contributed by atoms with Crippen LogP contribution in [0, 0.1) is 0 Å². The fourth-order valence-electron chi connectivity index (χ4n) is 0. The molecule has 0 atom stereocenters. The van der Waals surface area contributed by atoms with Crippen molar-refractivity contribution in [3.8, 4) is 0 Å². The first kappa shape index (κ1) is 11.2. The zero-order chi connectivity index (χ0) is 7.21. The topological polar surface area (TPSA) is 0 Å². The van der Waals surface area contributed by atoms with E-state index in [2.05, 4.69) is 0 Å². The molecule has 0 fully saturated rings.